The first-order valence-electron chi connectivity index (χ1n) is 6.38. The van der Waals surface area contributed by atoms with Crippen LogP contribution in [-0.4, -0.2) is 39.4 Å². The number of hydrogen-bond acceptors (Lipinski definition) is 6. The van der Waals surface area contributed by atoms with Gasteiger partial charge in [0.15, 0.2) is 11.5 Å². The van der Waals surface area contributed by atoms with Crippen molar-refractivity contribution in [3.63, 3.8) is 0 Å². The Morgan fingerprint density at radius 2 is 2.30 bits per heavy atom. The van der Waals surface area contributed by atoms with Crippen LogP contribution in [0.5, 0.6) is 0 Å². The number of carbonyl (C=O) groups excluding carboxylic acids is 1. The van der Waals surface area contributed by atoms with Gasteiger partial charge in [0.2, 0.25) is 0 Å². The molecule has 0 saturated heterocycles. The van der Waals surface area contributed by atoms with Crippen LogP contribution in [0.25, 0.3) is 11.5 Å². The van der Waals surface area contributed by atoms with Gasteiger partial charge in [-0.05, 0) is 19.0 Å². The Morgan fingerprint density at radius 1 is 1.45 bits per heavy atom. The van der Waals surface area contributed by atoms with Crippen molar-refractivity contribution in [2.75, 3.05) is 13.7 Å². The minimum atomic E-state index is -0.428. The molecule has 0 radical (unpaired) electrons. The molecule has 1 N–H and O–H groups in total. The van der Waals surface area contributed by atoms with Crippen molar-refractivity contribution >= 4 is 5.97 Å². The van der Waals surface area contributed by atoms with Crippen molar-refractivity contribution in [2.24, 2.45) is 7.05 Å². The van der Waals surface area contributed by atoms with Gasteiger partial charge in [-0.15, -0.1) is 0 Å². The first kappa shape index (κ1) is 12.7. The van der Waals surface area contributed by atoms with Gasteiger partial charge < -0.3 is 10.1 Å². The van der Waals surface area contributed by atoms with Gasteiger partial charge in [0.05, 0.1) is 12.8 Å². The van der Waals surface area contributed by atoms with Gasteiger partial charge in [-0.25, -0.2) is 14.8 Å². The highest BCUT2D eigenvalue weighted by Gasteiger charge is 2.23. The van der Waals surface area contributed by atoms with Crippen LogP contribution in [0.2, 0.25) is 0 Å². The number of rotatable bonds is 2. The van der Waals surface area contributed by atoms with E-state index in [-0.39, 0.29) is 0 Å². The number of carbonyl (C=O) groups is 1. The van der Waals surface area contributed by atoms with Crippen LogP contribution in [-0.2, 0) is 24.8 Å². The maximum Gasteiger partial charge on any atom is 0.357 e. The summed E-state index contributed by atoms with van der Waals surface area (Å²) in [6.45, 7) is 1.44. The molecule has 0 aromatic carbocycles. The van der Waals surface area contributed by atoms with Crippen molar-refractivity contribution in [1.29, 1.82) is 0 Å². The van der Waals surface area contributed by atoms with Crippen molar-refractivity contribution in [1.82, 2.24) is 25.1 Å². The van der Waals surface area contributed by atoms with Gasteiger partial charge in [0.1, 0.15) is 5.69 Å². The monoisotopic (exact) mass is 273 g/mol. The van der Waals surface area contributed by atoms with E-state index in [0.717, 1.165) is 24.2 Å². The van der Waals surface area contributed by atoms with Gasteiger partial charge in [0, 0.05) is 25.4 Å². The summed E-state index contributed by atoms with van der Waals surface area (Å²) in [5.74, 6) is 0.0242. The van der Waals surface area contributed by atoms with Gasteiger partial charge in [-0.3, -0.25) is 4.68 Å². The van der Waals surface area contributed by atoms with Crippen LogP contribution in [0.1, 0.15) is 21.7 Å². The molecule has 3 rings (SSSR count). The standard InChI is InChI=1S/C13H15N5O2/c1-18-6-4-9(17-18)12-15-10-7-14-5-3-8(10)11(16-12)13(19)20-2/h4,6,14H,3,5,7H2,1-2H3. The van der Waals surface area contributed by atoms with Crippen molar-refractivity contribution in [3.05, 3.63) is 29.2 Å². The van der Waals surface area contributed by atoms with Gasteiger partial charge in [-0.2, -0.15) is 5.10 Å². The number of hydrogen-bond donors (Lipinski definition) is 1. The number of ether oxygens (including phenoxy) is 1. The maximum absolute atomic E-state index is 11.9. The van der Waals surface area contributed by atoms with Crippen molar-refractivity contribution < 1.29 is 9.53 Å². The van der Waals surface area contributed by atoms with E-state index in [2.05, 4.69) is 20.4 Å². The molecule has 0 saturated carbocycles. The Morgan fingerprint density at radius 3 is 3.00 bits per heavy atom. The third kappa shape index (κ3) is 2.16. The molecule has 7 heteroatoms. The Labute approximate surface area is 116 Å². The third-order valence-corrected chi connectivity index (χ3v) is 3.26. The van der Waals surface area contributed by atoms with Gasteiger partial charge >= 0.3 is 5.97 Å². The molecule has 104 valence electrons. The zero-order valence-corrected chi connectivity index (χ0v) is 11.4. The molecule has 7 nitrogen and oxygen atoms in total. The lowest BCUT2D eigenvalue weighted by molar-refractivity contribution is 0.0592. The van der Waals surface area contributed by atoms with E-state index in [1.54, 1.807) is 4.68 Å². The highest BCUT2D eigenvalue weighted by Crippen LogP contribution is 2.21. The SMILES string of the molecule is COC(=O)c1nc(-c2ccn(C)n2)nc2c1CCNC2. The van der Waals surface area contributed by atoms with Crippen LogP contribution in [0.15, 0.2) is 12.3 Å². The lowest BCUT2D eigenvalue weighted by Crippen LogP contribution is -2.28. The summed E-state index contributed by atoms with van der Waals surface area (Å²) in [5, 5.41) is 7.52. The fraction of sp³-hybridized carbons (Fsp3) is 0.385. The summed E-state index contributed by atoms with van der Waals surface area (Å²) < 4.78 is 6.50. The molecule has 3 heterocycles. The van der Waals surface area contributed by atoms with Crippen LogP contribution >= 0.6 is 0 Å². The van der Waals surface area contributed by atoms with Crippen LogP contribution in [0.3, 0.4) is 0 Å². The molecule has 2 aromatic heterocycles. The Kier molecular flexibility index (Phi) is 3.19. The molecule has 1 aliphatic rings. The molecule has 0 spiro atoms. The molecule has 0 bridgehead atoms. The second-order valence-corrected chi connectivity index (χ2v) is 4.61. The number of aryl methyl sites for hydroxylation is 1. The van der Waals surface area contributed by atoms with Crippen LogP contribution in [0.4, 0.5) is 0 Å². The maximum atomic E-state index is 11.9. The molecule has 1 aliphatic heterocycles. The molecular formula is C13H15N5O2. The van der Waals surface area contributed by atoms with Crippen molar-refractivity contribution in [3.8, 4) is 11.5 Å². The molecule has 0 unspecified atom stereocenters. The first-order chi connectivity index (χ1) is 9.69. The average molecular weight is 273 g/mol. The highest BCUT2D eigenvalue weighted by atomic mass is 16.5. The van der Waals surface area contributed by atoms with E-state index < -0.39 is 5.97 Å². The Hall–Kier alpha value is -2.28. The minimum Gasteiger partial charge on any atom is -0.464 e. The quantitative estimate of drug-likeness (QED) is 0.793. The minimum absolute atomic E-state index is 0.347. The Bertz CT molecular complexity index is 665. The summed E-state index contributed by atoms with van der Waals surface area (Å²) in [6.07, 6.45) is 2.54. The number of fused-ring (bicyclic) bond motifs is 1. The first-order valence-corrected chi connectivity index (χ1v) is 6.38. The average Bonchev–Trinajstić information content (AvgIpc) is 2.92. The van der Waals surface area contributed by atoms with E-state index in [9.17, 15) is 4.79 Å². The predicted octanol–water partition coefficient (Wildman–Crippen LogP) is 0.309. The fourth-order valence-electron chi connectivity index (χ4n) is 2.27. The molecule has 2 aromatic rings. The third-order valence-electron chi connectivity index (χ3n) is 3.26. The van der Waals surface area contributed by atoms with E-state index in [1.807, 2.05) is 19.3 Å². The highest BCUT2D eigenvalue weighted by molar-refractivity contribution is 5.89. The largest absolute Gasteiger partial charge is 0.464 e. The number of esters is 1. The molecule has 0 aliphatic carbocycles. The molecule has 20 heavy (non-hydrogen) atoms. The zero-order valence-electron chi connectivity index (χ0n) is 11.4. The number of methoxy groups -OCH3 is 1. The fourth-order valence-corrected chi connectivity index (χ4v) is 2.27. The topological polar surface area (TPSA) is 81.9 Å². The smallest absolute Gasteiger partial charge is 0.357 e. The molecule has 0 atom stereocenters. The summed E-state index contributed by atoms with van der Waals surface area (Å²) in [4.78, 5) is 20.8. The zero-order chi connectivity index (χ0) is 14.1. The Balaban J connectivity index is 2.15. The summed E-state index contributed by atoms with van der Waals surface area (Å²) in [7, 11) is 3.18. The molecule has 0 fully saturated rings. The number of aromatic nitrogens is 4. The van der Waals surface area contributed by atoms with E-state index in [0.29, 0.717) is 23.8 Å². The molecule has 0 amide bonds. The van der Waals surface area contributed by atoms with Crippen LogP contribution < -0.4 is 5.32 Å². The lowest BCUT2D eigenvalue weighted by atomic mass is 10.0. The number of nitrogens with one attached hydrogen (secondary N) is 1. The molecular weight excluding hydrogens is 258 g/mol. The second-order valence-electron chi connectivity index (χ2n) is 4.61. The van der Waals surface area contributed by atoms with Gasteiger partial charge in [-0.1, -0.05) is 0 Å². The van der Waals surface area contributed by atoms with E-state index in [1.165, 1.54) is 7.11 Å². The summed E-state index contributed by atoms with van der Waals surface area (Å²) in [5.41, 5.74) is 2.70. The van der Waals surface area contributed by atoms with E-state index in [4.69, 9.17) is 4.74 Å². The second kappa shape index (κ2) is 5.01. The van der Waals surface area contributed by atoms with Crippen molar-refractivity contribution in [2.45, 2.75) is 13.0 Å². The summed E-state index contributed by atoms with van der Waals surface area (Å²) >= 11 is 0. The van der Waals surface area contributed by atoms with Crippen LogP contribution in [0, 0.1) is 0 Å². The lowest BCUT2D eigenvalue weighted by Gasteiger charge is -2.18. The van der Waals surface area contributed by atoms with Gasteiger partial charge in [0.25, 0.3) is 0 Å². The van der Waals surface area contributed by atoms with E-state index >= 15 is 0 Å². The number of nitrogens with zero attached hydrogens (tertiary/aromatic N) is 4. The predicted molar refractivity (Wildman–Crippen MR) is 71.0 cm³/mol. The summed E-state index contributed by atoms with van der Waals surface area (Å²) in [6, 6.07) is 1.82. The normalized spacial score (nSPS) is 13.9.